The van der Waals surface area contributed by atoms with Gasteiger partial charge in [-0.2, -0.15) is 0 Å². The highest BCUT2D eigenvalue weighted by atomic mass is 32.2. The SMILES string of the molecule is CCOc1ccc(N(CC(=O)Nc2c(C)cccc2CC)S(C)(=O)=O)cc1. The molecule has 0 aliphatic carbocycles. The molecule has 0 unspecified atom stereocenters. The van der Waals surface area contributed by atoms with Crippen molar-refractivity contribution in [3.8, 4) is 5.75 Å². The van der Waals surface area contributed by atoms with E-state index >= 15 is 0 Å². The number of nitrogens with one attached hydrogen (secondary N) is 1. The minimum absolute atomic E-state index is 0.301. The van der Waals surface area contributed by atoms with Gasteiger partial charge in [-0.1, -0.05) is 25.1 Å². The van der Waals surface area contributed by atoms with Crippen LogP contribution in [0.25, 0.3) is 0 Å². The summed E-state index contributed by atoms with van der Waals surface area (Å²) in [6.07, 6.45) is 1.86. The number of anilines is 2. The molecule has 0 aliphatic rings. The Morgan fingerprint density at radius 3 is 2.33 bits per heavy atom. The van der Waals surface area contributed by atoms with Crippen molar-refractivity contribution in [2.45, 2.75) is 27.2 Å². The monoisotopic (exact) mass is 390 g/mol. The molecule has 0 atom stereocenters. The molecule has 0 heterocycles. The van der Waals surface area contributed by atoms with Crippen LogP contribution in [0, 0.1) is 6.92 Å². The van der Waals surface area contributed by atoms with E-state index in [1.807, 2.05) is 39.0 Å². The summed E-state index contributed by atoms with van der Waals surface area (Å²) in [6.45, 7) is 6.01. The Morgan fingerprint density at radius 1 is 1.11 bits per heavy atom. The molecule has 2 aromatic rings. The van der Waals surface area contributed by atoms with Crippen molar-refractivity contribution in [1.29, 1.82) is 0 Å². The number of carbonyl (C=O) groups excluding carboxylic acids is 1. The highest BCUT2D eigenvalue weighted by Crippen LogP contribution is 2.23. The van der Waals surface area contributed by atoms with Crippen molar-refractivity contribution in [3.05, 3.63) is 53.6 Å². The molecule has 1 amide bonds. The number of para-hydroxylation sites is 1. The summed E-state index contributed by atoms with van der Waals surface area (Å²) < 4.78 is 30.9. The van der Waals surface area contributed by atoms with E-state index in [9.17, 15) is 13.2 Å². The predicted octanol–water partition coefficient (Wildman–Crippen LogP) is 3.36. The molecular weight excluding hydrogens is 364 g/mol. The summed E-state index contributed by atoms with van der Waals surface area (Å²) in [5.41, 5.74) is 3.10. The van der Waals surface area contributed by atoms with Gasteiger partial charge in [-0.05, 0) is 55.7 Å². The molecule has 0 aromatic heterocycles. The molecule has 0 aliphatic heterocycles. The van der Waals surface area contributed by atoms with E-state index in [1.54, 1.807) is 24.3 Å². The highest BCUT2D eigenvalue weighted by Gasteiger charge is 2.21. The van der Waals surface area contributed by atoms with Gasteiger partial charge < -0.3 is 10.1 Å². The van der Waals surface area contributed by atoms with E-state index in [0.717, 1.165) is 33.8 Å². The average molecular weight is 391 g/mol. The molecule has 6 nitrogen and oxygen atoms in total. The fraction of sp³-hybridized carbons (Fsp3) is 0.350. The lowest BCUT2D eigenvalue weighted by atomic mass is 10.1. The first-order chi connectivity index (χ1) is 12.8. The smallest absolute Gasteiger partial charge is 0.245 e. The van der Waals surface area contributed by atoms with Crippen LogP contribution in [0.15, 0.2) is 42.5 Å². The summed E-state index contributed by atoms with van der Waals surface area (Å²) in [4.78, 5) is 12.6. The number of hydrogen-bond donors (Lipinski definition) is 1. The number of hydrogen-bond acceptors (Lipinski definition) is 4. The molecule has 0 radical (unpaired) electrons. The van der Waals surface area contributed by atoms with Gasteiger partial charge in [0.05, 0.1) is 18.6 Å². The van der Waals surface area contributed by atoms with Crippen LogP contribution in [0.4, 0.5) is 11.4 Å². The molecule has 7 heteroatoms. The zero-order chi connectivity index (χ0) is 20.0. The topological polar surface area (TPSA) is 75.7 Å². The second kappa shape index (κ2) is 8.90. The number of ether oxygens (including phenoxy) is 1. The van der Waals surface area contributed by atoms with Crippen LogP contribution in [0.5, 0.6) is 5.75 Å². The van der Waals surface area contributed by atoms with E-state index in [4.69, 9.17) is 4.74 Å². The van der Waals surface area contributed by atoms with Crippen LogP contribution in [0.3, 0.4) is 0 Å². The number of aryl methyl sites for hydroxylation is 2. The number of carbonyl (C=O) groups is 1. The number of rotatable bonds is 8. The first-order valence-corrected chi connectivity index (χ1v) is 10.7. The molecular formula is C20H26N2O4S. The van der Waals surface area contributed by atoms with Gasteiger partial charge in [0, 0.05) is 5.69 Å². The third-order valence-corrected chi connectivity index (χ3v) is 5.27. The molecule has 146 valence electrons. The van der Waals surface area contributed by atoms with Crippen molar-refractivity contribution in [3.63, 3.8) is 0 Å². The van der Waals surface area contributed by atoms with Crippen LogP contribution >= 0.6 is 0 Å². The molecule has 2 aromatic carbocycles. The van der Waals surface area contributed by atoms with Gasteiger partial charge in [0.25, 0.3) is 0 Å². The summed E-state index contributed by atoms with van der Waals surface area (Å²) in [5, 5.41) is 2.86. The molecule has 2 rings (SSSR count). The Kier molecular flexibility index (Phi) is 6.85. The van der Waals surface area contributed by atoms with E-state index < -0.39 is 15.9 Å². The Labute approximate surface area is 161 Å². The van der Waals surface area contributed by atoms with Crippen molar-refractivity contribution >= 4 is 27.3 Å². The summed E-state index contributed by atoms with van der Waals surface area (Å²) in [7, 11) is -3.62. The molecule has 0 saturated carbocycles. The summed E-state index contributed by atoms with van der Waals surface area (Å²) in [6, 6.07) is 12.4. The molecule has 1 N–H and O–H groups in total. The standard InChI is InChI=1S/C20H26N2O4S/c1-5-16-9-7-8-15(3)20(16)21-19(23)14-22(27(4,24)25)17-10-12-18(13-11-17)26-6-2/h7-13H,5-6,14H2,1-4H3,(H,21,23). The normalized spacial score (nSPS) is 11.1. The minimum atomic E-state index is -3.62. The predicted molar refractivity (Wildman–Crippen MR) is 109 cm³/mol. The quantitative estimate of drug-likeness (QED) is 0.750. The molecule has 0 saturated heterocycles. The second-order valence-electron chi connectivity index (χ2n) is 6.21. The molecule has 0 spiro atoms. The maximum absolute atomic E-state index is 12.6. The molecule has 0 fully saturated rings. The van der Waals surface area contributed by atoms with E-state index in [2.05, 4.69) is 5.32 Å². The largest absolute Gasteiger partial charge is 0.494 e. The zero-order valence-electron chi connectivity index (χ0n) is 16.2. The van der Waals surface area contributed by atoms with Gasteiger partial charge in [-0.15, -0.1) is 0 Å². The van der Waals surface area contributed by atoms with E-state index in [1.165, 1.54) is 0 Å². The highest BCUT2D eigenvalue weighted by molar-refractivity contribution is 7.92. The first-order valence-electron chi connectivity index (χ1n) is 8.85. The van der Waals surface area contributed by atoms with Crippen LogP contribution < -0.4 is 14.4 Å². The minimum Gasteiger partial charge on any atom is -0.494 e. The first kappa shape index (κ1) is 20.8. The van der Waals surface area contributed by atoms with Gasteiger partial charge >= 0.3 is 0 Å². The fourth-order valence-corrected chi connectivity index (χ4v) is 3.64. The van der Waals surface area contributed by atoms with Gasteiger partial charge in [0.2, 0.25) is 15.9 Å². The third-order valence-electron chi connectivity index (χ3n) is 4.13. The number of sulfonamides is 1. The summed E-state index contributed by atoms with van der Waals surface area (Å²) >= 11 is 0. The van der Waals surface area contributed by atoms with Crippen molar-refractivity contribution in [1.82, 2.24) is 0 Å². The Bertz CT molecular complexity index is 893. The second-order valence-corrected chi connectivity index (χ2v) is 8.11. The summed E-state index contributed by atoms with van der Waals surface area (Å²) in [5.74, 6) is 0.255. The van der Waals surface area contributed by atoms with Gasteiger partial charge in [-0.25, -0.2) is 8.42 Å². The lowest BCUT2D eigenvalue weighted by molar-refractivity contribution is -0.114. The third kappa shape index (κ3) is 5.47. The van der Waals surface area contributed by atoms with Crippen molar-refractivity contribution in [2.24, 2.45) is 0 Å². The van der Waals surface area contributed by atoms with Gasteiger partial charge in [0.15, 0.2) is 0 Å². The number of nitrogens with zero attached hydrogens (tertiary/aromatic N) is 1. The van der Waals surface area contributed by atoms with E-state index in [-0.39, 0.29) is 6.54 Å². The molecule has 27 heavy (non-hydrogen) atoms. The Balaban J connectivity index is 2.23. The van der Waals surface area contributed by atoms with Crippen LogP contribution in [-0.4, -0.2) is 33.7 Å². The van der Waals surface area contributed by atoms with Crippen LogP contribution in [0.1, 0.15) is 25.0 Å². The lowest BCUT2D eigenvalue weighted by Crippen LogP contribution is -2.37. The Morgan fingerprint density at radius 2 is 1.78 bits per heavy atom. The Hall–Kier alpha value is -2.54. The van der Waals surface area contributed by atoms with E-state index in [0.29, 0.717) is 18.0 Å². The van der Waals surface area contributed by atoms with Crippen LogP contribution in [-0.2, 0) is 21.2 Å². The fourth-order valence-electron chi connectivity index (χ4n) is 2.79. The molecule has 0 bridgehead atoms. The van der Waals surface area contributed by atoms with Crippen molar-refractivity contribution < 1.29 is 17.9 Å². The maximum Gasteiger partial charge on any atom is 0.245 e. The van der Waals surface area contributed by atoms with Gasteiger partial charge in [-0.3, -0.25) is 9.10 Å². The number of amides is 1. The zero-order valence-corrected chi connectivity index (χ0v) is 17.0. The van der Waals surface area contributed by atoms with Crippen molar-refractivity contribution in [2.75, 3.05) is 29.0 Å². The lowest BCUT2D eigenvalue weighted by Gasteiger charge is -2.23. The van der Waals surface area contributed by atoms with Crippen LogP contribution in [0.2, 0.25) is 0 Å². The maximum atomic E-state index is 12.6. The van der Waals surface area contributed by atoms with Gasteiger partial charge in [0.1, 0.15) is 12.3 Å². The average Bonchev–Trinajstić information content (AvgIpc) is 2.61. The number of benzene rings is 2.